The van der Waals surface area contributed by atoms with Gasteiger partial charge in [0.1, 0.15) is 0 Å². The van der Waals surface area contributed by atoms with Gasteiger partial charge in [0.05, 0.1) is 27.2 Å². The average Bonchev–Trinajstić information content (AvgIpc) is 2.70. The van der Waals surface area contributed by atoms with Crippen LogP contribution in [-0.2, 0) is 10.0 Å². The van der Waals surface area contributed by atoms with Crippen molar-refractivity contribution in [1.29, 1.82) is 0 Å². The van der Waals surface area contributed by atoms with Crippen molar-refractivity contribution in [3.05, 3.63) is 94.0 Å². The van der Waals surface area contributed by atoms with E-state index in [0.29, 0.717) is 0 Å². The molecule has 0 aliphatic rings. The number of amides is 1. The molecule has 1 unspecified atom stereocenters. The number of carbonyl (C=O) groups is 1. The molecule has 0 radical (unpaired) electrons. The van der Waals surface area contributed by atoms with E-state index in [9.17, 15) is 13.2 Å². The van der Waals surface area contributed by atoms with Crippen molar-refractivity contribution in [2.24, 2.45) is 0 Å². The van der Waals surface area contributed by atoms with Crippen LogP contribution < -0.4 is 10.0 Å². The molecule has 0 aliphatic carbocycles. The molecular formula is C23H23ClN2O3S. The summed E-state index contributed by atoms with van der Waals surface area (Å²) in [5, 5.41) is 3.09. The largest absolute Gasteiger partial charge is 0.345 e. The third-order valence-electron chi connectivity index (χ3n) is 4.90. The average molecular weight is 443 g/mol. The molecule has 3 aromatic rings. The lowest BCUT2D eigenvalue weighted by atomic mass is 10.0. The zero-order valence-corrected chi connectivity index (χ0v) is 18.5. The van der Waals surface area contributed by atoms with Crippen LogP contribution in [0.25, 0.3) is 0 Å². The van der Waals surface area contributed by atoms with E-state index in [-0.39, 0.29) is 33.1 Å². The maximum absolute atomic E-state index is 12.7. The molecule has 0 bridgehead atoms. The molecule has 0 spiro atoms. The maximum Gasteiger partial charge on any atom is 0.261 e. The molecule has 0 heterocycles. The monoisotopic (exact) mass is 442 g/mol. The molecule has 0 saturated carbocycles. The standard InChI is InChI=1S/C23H23ClN2O3S/c1-15-9-10-18(13-16(15)2)17(3)25-23(27)21-12-11-19(14-22(21)24)26-30(28,29)20-7-5-4-6-8-20/h4-14,17,26H,1-3H3,(H,25,27). The summed E-state index contributed by atoms with van der Waals surface area (Å²) >= 11 is 6.28. The summed E-state index contributed by atoms with van der Waals surface area (Å²) in [4.78, 5) is 12.8. The van der Waals surface area contributed by atoms with Crippen molar-refractivity contribution in [3.63, 3.8) is 0 Å². The molecular weight excluding hydrogens is 420 g/mol. The van der Waals surface area contributed by atoms with Gasteiger partial charge in [0, 0.05) is 0 Å². The van der Waals surface area contributed by atoms with Crippen molar-refractivity contribution in [2.75, 3.05) is 4.72 Å². The third kappa shape index (κ3) is 5.01. The molecule has 1 atom stereocenters. The Morgan fingerprint density at radius 2 is 1.63 bits per heavy atom. The van der Waals surface area contributed by atoms with E-state index in [2.05, 4.69) is 10.0 Å². The topological polar surface area (TPSA) is 75.3 Å². The van der Waals surface area contributed by atoms with Crippen molar-refractivity contribution in [2.45, 2.75) is 31.7 Å². The number of halogens is 1. The second-order valence-electron chi connectivity index (χ2n) is 7.15. The fraction of sp³-hybridized carbons (Fsp3) is 0.174. The van der Waals surface area contributed by atoms with Crippen LogP contribution in [0.4, 0.5) is 5.69 Å². The Morgan fingerprint density at radius 3 is 2.27 bits per heavy atom. The minimum Gasteiger partial charge on any atom is -0.345 e. The second kappa shape index (κ2) is 8.90. The molecule has 5 nitrogen and oxygen atoms in total. The van der Waals surface area contributed by atoms with E-state index < -0.39 is 10.0 Å². The van der Waals surface area contributed by atoms with Crippen LogP contribution in [0.2, 0.25) is 5.02 Å². The summed E-state index contributed by atoms with van der Waals surface area (Å²) in [7, 11) is -3.74. The number of aryl methyl sites for hydroxylation is 2. The number of sulfonamides is 1. The Kier molecular flexibility index (Phi) is 6.48. The molecule has 156 valence electrons. The van der Waals surface area contributed by atoms with Gasteiger partial charge in [0.25, 0.3) is 15.9 Å². The Bertz CT molecular complexity index is 1180. The van der Waals surface area contributed by atoms with E-state index in [1.54, 1.807) is 18.2 Å². The molecule has 0 aromatic heterocycles. The first-order valence-corrected chi connectivity index (χ1v) is 11.3. The minimum absolute atomic E-state index is 0.144. The highest BCUT2D eigenvalue weighted by molar-refractivity contribution is 7.92. The number of benzene rings is 3. The number of rotatable bonds is 6. The van der Waals surface area contributed by atoms with E-state index in [1.807, 2.05) is 39.0 Å². The summed E-state index contributed by atoms with van der Waals surface area (Å²) in [5.74, 6) is -0.330. The lowest BCUT2D eigenvalue weighted by Gasteiger charge is -2.17. The summed E-state index contributed by atoms with van der Waals surface area (Å²) in [6, 6.07) is 18.3. The summed E-state index contributed by atoms with van der Waals surface area (Å²) in [6.07, 6.45) is 0. The number of carbonyl (C=O) groups excluding carboxylic acids is 1. The normalized spacial score (nSPS) is 12.3. The fourth-order valence-electron chi connectivity index (χ4n) is 2.97. The van der Waals surface area contributed by atoms with Crippen LogP contribution in [0.3, 0.4) is 0 Å². The maximum atomic E-state index is 12.7. The van der Waals surface area contributed by atoms with Crippen LogP contribution in [0.5, 0.6) is 0 Å². The minimum atomic E-state index is -3.74. The number of hydrogen-bond donors (Lipinski definition) is 2. The smallest absolute Gasteiger partial charge is 0.261 e. The van der Waals surface area contributed by atoms with Crippen LogP contribution in [0.15, 0.2) is 71.6 Å². The third-order valence-corrected chi connectivity index (χ3v) is 6.61. The van der Waals surface area contributed by atoms with Crippen molar-refractivity contribution >= 4 is 33.2 Å². The highest BCUT2D eigenvalue weighted by atomic mass is 35.5. The molecule has 0 saturated heterocycles. The highest BCUT2D eigenvalue weighted by Gasteiger charge is 2.17. The number of hydrogen-bond acceptors (Lipinski definition) is 3. The predicted molar refractivity (Wildman–Crippen MR) is 120 cm³/mol. The molecule has 3 aromatic carbocycles. The molecule has 2 N–H and O–H groups in total. The first kappa shape index (κ1) is 21.9. The molecule has 3 rings (SSSR count). The lowest BCUT2D eigenvalue weighted by molar-refractivity contribution is 0.0940. The Hall–Kier alpha value is -2.83. The fourth-order valence-corrected chi connectivity index (χ4v) is 4.31. The van der Waals surface area contributed by atoms with Gasteiger partial charge in [0.15, 0.2) is 0 Å². The lowest BCUT2D eigenvalue weighted by Crippen LogP contribution is -2.27. The van der Waals surface area contributed by atoms with Gasteiger partial charge in [-0.05, 0) is 67.8 Å². The van der Waals surface area contributed by atoms with Crippen LogP contribution in [0.1, 0.15) is 40.0 Å². The van der Waals surface area contributed by atoms with Crippen molar-refractivity contribution < 1.29 is 13.2 Å². The Labute approximate surface area is 182 Å². The van der Waals surface area contributed by atoms with Gasteiger partial charge in [0.2, 0.25) is 0 Å². The SMILES string of the molecule is Cc1ccc(C(C)NC(=O)c2ccc(NS(=O)(=O)c3ccccc3)cc2Cl)cc1C. The Morgan fingerprint density at radius 1 is 0.933 bits per heavy atom. The van der Waals surface area contributed by atoms with Crippen LogP contribution in [0, 0.1) is 13.8 Å². The van der Waals surface area contributed by atoms with Gasteiger partial charge in [-0.25, -0.2) is 8.42 Å². The quantitative estimate of drug-likeness (QED) is 0.547. The van der Waals surface area contributed by atoms with Crippen LogP contribution >= 0.6 is 11.6 Å². The van der Waals surface area contributed by atoms with Crippen LogP contribution in [-0.4, -0.2) is 14.3 Å². The number of nitrogens with one attached hydrogen (secondary N) is 2. The van der Waals surface area contributed by atoms with Gasteiger partial charge in [-0.2, -0.15) is 0 Å². The zero-order valence-electron chi connectivity index (χ0n) is 16.9. The van der Waals surface area contributed by atoms with E-state index in [4.69, 9.17) is 11.6 Å². The summed E-state index contributed by atoms with van der Waals surface area (Å²) in [6.45, 7) is 5.97. The first-order chi connectivity index (χ1) is 14.2. The van der Waals surface area contributed by atoms with E-state index >= 15 is 0 Å². The van der Waals surface area contributed by atoms with Gasteiger partial charge >= 0.3 is 0 Å². The van der Waals surface area contributed by atoms with Gasteiger partial charge in [-0.15, -0.1) is 0 Å². The van der Waals surface area contributed by atoms with Gasteiger partial charge in [-0.1, -0.05) is 48.0 Å². The summed E-state index contributed by atoms with van der Waals surface area (Å²) < 4.78 is 27.4. The van der Waals surface area contributed by atoms with Gasteiger partial charge < -0.3 is 5.32 Å². The first-order valence-electron chi connectivity index (χ1n) is 9.43. The zero-order chi connectivity index (χ0) is 21.9. The van der Waals surface area contributed by atoms with Gasteiger partial charge in [-0.3, -0.25) is 9.52 Å². The van der Waals surface area contributed by atoms with E-state index in [1.165, 1.54) is 35.9 Å². The Balaban J connectivity index is 1.74. The molecule has 1 amide bonds. The van der Waals surface area contributed by atoms with Crippen molar-refractivity contribution in [3.8, 4) is 0 Å². The van der Waals surface area contributed by atoms with Crippen molar-refractivity contribution in [1.82, 2.24) is 5.32 Å². The highest BCUT2D eigenvalue weighted by Crippen LogP contribution is 2.24. The predicted octanol–water partition coefficient (Wildman–Crippen LogP) is 5.25. The molecule has 7 heteroatoms. The summed E-state index contributed by atoms with van der Waals surface area (Å²) in [5.41, 5.74) is 3.89. The number of anilines is 1. The molecule has 30 heavy (non-hydrogen) atoms. The molecule has 0 aliphatic heterocycles. The van der Waals surface area contributed by atoms with E-state index in [0.717, 1.165) is 11.1 Å². The second-order valence-corrected chi connectivity index (χ2v) is 9.24. The molecule has 0 fully saturated rings.